The molecule has 3 unspecified atom stereocenters. The Morgan fingerprint density at radius 2 is 1.48 bits per heavy atom. The molecule has 0 aromatic heterocycles. The summed E-state index contributed by atoms with van der Waals surface area (Å²) in [5.41, 5.74) is 2.69. The Balaban J connectivity index is 0.000000273. The lowest BCUT2D eigenvalue weighted by Crippen LogP contribution is -2.40. The molecule has 0 spiro atoms. The number of carboxylic acids is 1. The summed E-state index contributed by atoms with van der Waals surface area (Å²) in [6.45, 7) is 8.44. The number of carbonyl (C=O) groups excluding carboxylic acids is 3. The van der Waals surface area contributed by atoms with Crippen LogP contribution in [0.15, 0.2) is 110 Å². The zero-order chi connectivity index (χ0) is 45.4. The van der Waals surface area contributed by atoms with Crippen LogP contribution in [0.25, 0.3) is 22.3 Å². The molecule has 1 aliphatic heterocycles. The number of aliphatic hydroxyl groups excluding tert-OH is 1. The number of rotatable bonds is 22. The second kappa shape index (κ2) is 24.1. The number of allylic oxidation sites excluding steroid dienone is 2. The molecule has 1 amide bonds. The number of aliphatic hydroxyl groups is 1. The lowest BCUT2D eigenvalue weighted by molar-refractivity contribution is -0.152. The summed E-state index contributed by atoms with van der Waals surface area (Å²) in [6.07, 6.45) is 6.79. The highest BCUT2D eigenvalue weighted by Gasteiger charge is 2.47. The highest BCUT2D eigenvalue weighted by molar-refractivity contribution is 6.67. The van der Waals surface area contributed by atoms with E-state index in [9.17, 15) is 43.2 Å². The molecular formula is C46H48B3Cl2F2NO8. The summed E-state index contributed by atoms with van der Waals surface area (Å²) in [4.78, 5) is 48.3. The lowest BCUT2D eigenvalue weighted by atomic mass is 9.65. The molecule has 4 aromatic carbocycles. The smallest absolute Gasteiger partial charge is 0.450 e. The van der Waals surface area contributed by atoms with Crippen molar-refractivity contribution in [3.63, 3.8) is 0 Å². The normalized spacial score (nSPS) is 17.2. The molecule has 5 atom stereocenters. The fraction of sp³-hybridized carbons (Fsp3) is 0.304. The number of amides is 1. The van der Waals surface area contributed by atoms with E-state index in [-0.39, 0.29) is 54.9 Å². The summed E-state index contributed by atoms with van der Waals surface area (Å²) in [6, 6.07) is 23.1. The van der Waals surface area contributed by atoms with E-state index in [0.29, 0.717) is 70.3 Å². The molecule has 0 bridgehead atoms. The summed E-state index contributed by atoms with van der Waals surface area (Å²) >= 11 is 12.0. The average molecular weight is 884 g/mol. The van der Waals surface area contributed by atoms with Crippen molar-refractivity contribution < 1.29 is 47.9 Å². The SMILES string of the molecule is C=CCC(CO)(C[C@H](C[B]C=O)Cc1ccc(-c2cc(Cl)ccc2F)cc1)C(=O)O.C=CCC1C(COB(C)O)C(=O)N([B]C=O)[C@@H]1Cc1ccc(-c2cc(Cl)ccc2F)cc1. The number of aliphatic carboxylic acids is 1. The van der Waals surface area contributed by atoms with Crippen molar-refractivity contribution in [2.75, 3.05) is 13.2 Å². The molecule has 1 saturated heterocycles. The molecule has 0 saturated carbocycles. The number of nitrogens with zero attached hydrogens (tertiary/aromatic N) is 1. The van der Waals surface area contributed by atoms with Gasteiger partial charge < -0.3 is 34.3 Å². The minimum absolute atomic E-state index is 0.0572. The first kappa shape index (κ1) is 49.8. The van der Waals surface area contributed by atoms with Crippen LogP contribution in [-0.4, -0.2) is 85.4 Å². The van der Waals surface area contributed by atoms with E-state index in [1.54, 1.807) is 30.3 Å². The number of carbonyl (C=O) groups is 4. The maximum atomic E-state index is 14.2. The Labute approximate surface area is 373 Å². The minimum atomic E-state index is -1.34. The Kier molecular flexibility index (Phi) is 19.4. The topological polar surface area (TPSA) is 141 Å². The predicted molar refractivity (Wildman–Crippen MR) is 243 cm³/mol. The molecule has 322 valence electrons. The molecule has 4 aromatic rings. The Morgan fingerprint density at radius 1 is 0.919 bits per heavy atom. The summed E-state index contributed by atoms with van der Waals surface area (Å²) in [5, 5.41) is 29.8. The number of benzene rings is 4. The highest BCUT2D eigenvalue weighted by atomic mass is 35.5. The van der Waals surface area contributed by atoms with Crippen LogP contribution in [0.3, 0.4) is 0 Å². The first-order chi connectivity index (χ1) is 29.7. The van der Waals surface area contributed by atoms with E-state index < -0.39 is 31.0 Å². The first-order valence-electron chi connectivity index (χ1n) is 20.0. The Hall–Kier alpha value is -4.85. The maximum absolute atomic E-state index is 14.2. The van der Waals surface area contributed by atoms with Gasteiger partial charge in [-0.05, 0) is 109 Å². The fourth-order valence-electron chi connectivity index (χ4n) is 7.89. The van der Waals surface area contributed by atoms with Crippen LogP contribution < -0.4 is 0 Å². The van der Waals surface area contributed by atoms with Gasteiger partial charge in [-0.1, -0.05) is 90.2 Å². The number of hydrogen-bond donors (Lipinski definition) is 3. The van der Waals surface area contributed by atoms with Crippen LogP contribution in [0, 0.1) is 34.8 Å². The average Bonchev–Trinajstić information content (AvgIpc) is 3.49. The summed E-state index contributed by atoms with van der Waals surface area (Å²) in [5.74, 6) is -2.85. The molecule has 9 nitrogen and oxygen atoms in total. The van der Waals surface area contributed by atoms with Gasteiger partial charge in [0.15, 0.2) is 7.28 Å². The minimum Gasteiger partial charge on any atom is -0.481 e. The van der Waals surface area contributed by atoms with Gasteiger partial charge >= 0.3 is 20.5 Å². The number of hydrogen-bond acceptors (Lipinski definition) is 7. The van der Waals surface area contributed by atoms with Crippen molar-refractivity contribution in [3.05, 3.63) is 143 Å². The number of halogens is 4. The monoisotopic (exact) mass is 883 g/mol. The maximum Gasteiger partial charge on any atom is 0.450 e. The molecule has 1 aliphatic rings. The highest BCUT2D eigenvalue weighted by Crippen LogP contribution is 2.37. The molecule has 1 fully saturated rings. The summed E-state index contributed by atoms with van der Waals surface area (Å²) in [7, 11) is 1.72. The molecule has 5 rings (SSSR count). The van der Waals surface area contributed by atoms with Gasteiger partial charge in [0.2, 0.25) is 5.91 Å². The van der Waals surface area contributed by atoms with Gasteiger partial charge in [-0.15, -0.1) is 13.2 Å². The second-order valence-corrected chi connectivity index (χ2v) is 16.2. The molecular weight excluding hydrogens is 836 g/mol. The lowest BCUT2D eigenvalue weighted by Gasteiger charge is -2.30. The van der Waals surface area contributed by atoms with Gasteiger partial charge in [0.05, 0.1) is 24.1 Å². The quantitative estimate of drug-likeness (QED) is 0.0407. The predicted octanol–water partition coefficient (Wildman–Crippen LogP) is 8.29. The molecule has 2 radical (unpaired) electrons. The molecule has 62 heavy (non-hydrogen) atoms. The van der Waals surface area contributed by atoms with Crippen molar-refractivity contribution >= 4 is 69.3 Å². The fourth-order valence-corrected chi connectivity index (χ4v) is 8.23. The van der Waals surface area contributed by atoms with E-state index in [4.69, 9.17) is 27.9 Å². The van der Waals surface area contributed by atoms with Gasteiger partial charge in [-0.3, -0.25) is 9.59 Å². The van der Waals surface area contributed by atoms with Gasteiger partial charge in [0.25, 0.3) is 0 Å². The van der Waals surface area contributed by atoms with Crippen LogP contribution >= 0.6 is 23.2 Å². The van der Waals surface area contributed by atoms with Crippen LogP contribution in [-0.2, 0) is 36.7 Å². The zero-order valence-corrected chi connectivity index (χ0v) is 35.9. The van der Waals surface area contributed by atoms with E-state index in [1.165, 1.54) is 56.7 Å². The Morgan fingerprint density at radius 3 is 1.95 bits per heavy atom. The molecule has 1 heterocycles. The van der Waals surface area contributed by atoms with Crippen molar-refractivity contribution in [2.45, 2.75) is 51.3 Å². The standard InChI is InChI=1S/C23H24B2ClFNO4.C23H24BClFO4/c1-3-4-18-20(13-32-25(2)31)23(30)28(24-14-29)22(18)11-15-5-7-16(8-6-15)19-12-17(26)9-10-21(19)27;1-2-9-23(14-27,22(29)30)12-17(13-24-15-28)10-16-3-5-18(6-4-16)20-11-19(25)7-8-21(20)26/h3,5-10,12,14,18,20,22,31H,1,4,11,13H2,2H3;2-8,11,15,17,27H,1,9-10,12-14H2,(H,29,30)/t18?,20?,22-;17-,23?/m11/s1. The Bertz CT molecular complexity index is 2170. The first-order valence-corrected chi connectivity index (χ1v) is 20.8. The van der Waals surface area contributed by atoms with Gasteiger partial charge in [-0.25, -0.2) is 8.78 Å². The van der Waals surface area contributed by atoms with Gasteiger partial charge in [0, 0.05) is 33.8 Å². The third-order valence-corrected chi connectivity index (χ3v) is 11.5. The number of carboxylic acid groups (broad SMARTS) is 1. The van der Waals surface area contributed by atoms with Crippen molar-refractivity contribution in [1.29, 1.82) is 0 Å². The molecule has 3 N–H and O–H groups in total. The second-order valence-electron chi connectivity index (χ2n) is 15.3. The molecule has 0 aliphatic carbocycles. The van der Waals surface area contributed by atoms with Crippen LogP contribution in [0.5, 0.6) is 0 Å². The summed E-state index contributed by atoms with van der Waals surface area (Å²) < 4.78 is 33.6. The van der Waals surface area contributed by atoms with E-state index in [2.05, 4.69) is 13.2 Å². The third kappa shape index (κ3) is 13.3. The zero-order valence-electron chi connectivity index (χ0n) is 34.3. The van der Waals surface area contributed by atoms with Gasteiger partial charge in [0.1, 0.15) is 17.8 Å². The van der Waals surface area contributed by atoms with E-state index in [0.717, 1.165) is 11.1 Å². The van der Waals surface area contributed by atoms with Crippen LogP contribution in [0.2, 0.25) is 23.2 Å². The van der Waals surface area contributed by atoms with E-state index >= 15 is 0 Å². The van der Waals surface area contributed by atoms with Gasteiger partial charge in [-0.2, -0.15) is 0 Å². The third-order valence-electron chi connectivity index (χ3n) is 11.0. The van der Waals surface area contributed by atoms with Crippen molar-refractivity contribution in [3.8, 4) is 22.3 Å². The molecule has 16 heteroatoms. The van der Waals surface area contributed by atoms with Crippen LogP contribution in [0.1, 0.15) is 30.4 Å². The van der Waals surface area contributed by atoms with Crippen molar-refractivity contribution in [1.82, 2.24) is 4.81 Å². The van der Waals surface area contributed by atoms with E-state index in [1.807, 2.05) is 36.4 Å². The largest absolute Gasteiger partial charge is 0.481 e. The van der Waals surface area contributed by atoms with Crippen LogP contribution in [0.4, 0.5) is 8.78 Å². The van der Waals surface area contributed by atoms with Crippen molar-refractivity contribution in [2.24, 2.45) is 23.2 Å².